The van der Waals surface area contributed by atoms with E-state index in [1.54, 1.807) is 0 Å². The second-order valence-electron chi connectivity index (χ2n) is 3.33. The van der Waals surface area contributed by atoms with E-state index < -0.39 is 0 Å². The Morgan fingerprint density at radius 2 is 2.00 bits per heavy atom. The van der Waals surface area contributed by atoms with Gasteiger partial charge in [0.15, 0.2) is 0 Å². The monoisotopic (exact) mass is 269 g/mol. The van der Waals surface area contributed by atoms with Crippen LogP contribution in [-0.4, -0.2) is 4.98 Å². The number of pyridine rings is 1. The molecule has 3 heteroatoms. The Hall–Kier alpha value is -0.600. The van der Waals surface area contributed by atoms with E-state index >= 15 is 0 Å². The zero-order chi connectivity index (χ0) is 10.3. The van der Waals surface area contributed by atoms with Gasteiger partial charge in [-0.2, -0.15) is 0 Å². The van der Waals surface area contributed by atoms with Crippen LogP contribution >= 0.6 is 27.5 Å². The second kappa shape index (κ2) is 3.52. The molecule has 0 bridgehead atoms. The van der Waals surface area contributed by atoms with Gasteiger partial charge in [0, 0.05) is 9.86 Å². The molecule has 72 valence electrons. The Bertz CT molecular complexity index is 508. The number of aryl methyl sites for hydroxylation is 1. The number of fused-ring (bicyclic) bond motifs is 1. The van der Waals surface area contributed by atoms with E-state index in [0.717, 1.165) is 15.4 Å². The summed E-state index contributed by atoms with van der Waals surface area (Å²) in [5, 5.41) is 1.64. The van der Waals surface area contributed by atoms with E-state index in [9.17, 15) is 0 Å². The summed E-state index contributed by atoms with van der Waals surface area (Å²) in [5.41, 5.74) is 3.41. The predicted molar refractivity (Wildman–Crippen MR) is 63.9 cm³/mol. The van der Waals surface area contributed by atoms with Crippen LogP contribution in [0.1, 0.15) is 11.1 Å². The van der Waals surface area contributed by atoms with Gasteiger partial charge in [-0.1, -0.05) is 11.6 Å². The fourth-order valence-electron chi connectivity index (χ4n) is 1.43. The van der Waals surface area contributed by atoms with E-state index in [1.165, 1.54) is 11.1 Å². The van der Waals surface area contributed by atoms with Crippen molar-refractivity contribution in [1.82, 2.24) is 4.98 Å². The van der Waals surface area contributed by atoms with Crippen molar-refractivity contribution in [1.29, 1.82) is 0 Å². The van der Waals surface area contributed by atoms with Crippen LogP contribution in [-0.2, 0) is 0 Å². The molecule has 1 heterocycles. The smallest absolute Gasteiger partial charge is 0.129 e. The van der Waals surface area contributed by atoms with Crippen molar-refractivity contribution >= 4 is 38.4 Å². The molecule has 2 aromatic rings. The SMILES string of the molecule is Cc1cc2nc(Cl)ccc2c(Br)c1C. The summed E-state index contributed by atoms with van der Waals surface area (Å²) < 4.78 is 1.11. The van der Waals surface area contributed by atoms with Crippen LogP contribution < -0.4 is 0 Å². The molecule has 0 aliphatic heterocycles. The van der Waals surface area contributed by atoms with Crippen molar-refractivity contribution < 1.29 is 0 Å². The first-order valence-corrected chi connectivity index (χ1v) is 5.48. The third-order valence-electron chi connectivity index (χ3n) is 2.40. The average molecular weight is 271 g/mol. The third kappa shape index (κ3) is 1.53. The molecule has 0 aliphatic rings. The van der Waals surface area contributed by atoms with Gasteiger partial charge in [0.2, 0.25) is 0 Å². The normalized spacial score (nSPS) is 10.9. The van der Waals surface area contributed by atoms with Gasteiger partial charge < -0.3 is 0 Å². The summed E-state index contributed by atoms with van der Waals surface area (Å²) in [5.74, 6) is 0. The van der Waals surface area contributed by atoms with Crippen LogP contribution in [0.3, 0.4) is 0 Å². The minimum atomic E-state index is 0.535. The molecular weight excluding hydrogens is 261 g/mol. The van der Waals surface area contributed by atoms with Gasteiger partial charge in [0.05, 0.1) is 5.52 Å². The first-order chi connectivity index (χ1) is 6.59. The van der Waals surface area contributed by atoms with E-state index in [-0.39, 0.29) is 0 Å². The van der Waals surface area contributed by atoms with E-state index in [0.29, 0.717) is 5.15 Å². The molecule has 0 saturated carbocycles. The maximum atomic E-state index is 5.84. The van der Waals surface area contributed by atoms with Crippen molar-refractivity contribution in [2.75, 3.05) is 0 Å². The summed E-state index contributed by atoms with van der Waals surface area (Å²) in [4.78, 5) is 4.27. The highest BCUT2D eigenvalue weighted by atomic mass is 79.9. The van der Waals surface area contributed by atoms with Crippen LogP contribution in [0.2, 0.25) is 5.15 Å². The van der Waals surface area contributed by atoms with Crippen molar-refractivity contribution in [2.45, 2.75) is 13.8 Å². The zero-order valence-corrected chi connectivity index (χ0v) is 10.3. The predicted octanol–water partition coefficient (Wildman–Crippen LogP) is 4.27. The molecule has 2 rings (SSSR count). The first kappa shape index (κ1) is 9.94. The molecule has 0 saturated heterocycles. The standard InChI is InChI=1S/C11H9BrClN/c1-6-5-9-8(11(12)7(6)2)3-4-10(13)14-9/h3-5H,1-2H3. The van der Waals surface area contributed by atoms with Crippen molar-refractivity contribution in [3.05, 3.63) is 39.0 Å². The highest BCUT2D eigenvalue weighted by Crippen LogP contribution is 2.29. The van der Waals surface area contributed by atoms with E-state index in [2.05, 4.69) is 40.8 Å². The average Bonchev–Trinajstić information content (AvgIpc) is 2.14. The molecule has 0 amide bonds. The van der Waals surface area contributed by atoms with Gasteiger partial charge in [-0.15, -0.1) is 0 Å². The molecule has 0 radical (unpaired) electrons. The topological polar surface area (TPSA) is 12.9 Å². The lowest BCUT2D eigenvalue weighted by Gasteiger charge is -2.07. The molecule has 14 heavy (non-hydrogen) atoms. The molecule has 0 spiro atoms. The summed E-state index contributed by atoms with van der Waals surface area (Å²) in [7, 11) is 0. The molecule has 0 N–H and O–H groups in total. The lowest BCUT2D eigenvalue weighted by molar-refractivity contribution is 1.31. The fraction of sp³-hybridized carbons (Fsp3) is 0.182. The van der Waals surface area contributed by atoms with Gasteiger partial charge in [0.1, 0.15) is 5.15 Å². The Kier molecular flexibility index (Phi) is 2.50. The fourth-order valence-corrected chi connectivity index (χ4v) is 2.24. The van der Waals surface area contributed by atoms with Crippen molar-refractivity contribution in [3.63, 3.8) is 0 Å². The van der Waals surface area contributed by atoms with Gasteiger partial charge in [-0.25, -0.2) is 4.98 Å². The number of rotatable bonds is 0. The van der Waals surface area contributed by atoms with Crippen LogP contribution in [0.4, 0.5) is 0 Å². The maximum Gasteiger partial charge on any atom is 0.129 e. The molecule has 1 nitrogen and oxygen atoms in total. The summed E-state index contributed by atoms with van der Waals surface area (Å²) in [6.45, 7) is 4.16. The quantitative estimate of drug-likeness (QED) is 0.652. The molecule has 0 unspecified atom stereocenters. The second-order valence-corrected chi connectivity index (χ2v) is 4.51. The third-order valence-corrected chi connectivity index (χ3v) is 3.63. The van der Waals surface area contributed by atoms with Crippen LogP contribution in [0.15, 0.2) is 22.7 Å². The highest BCUT2D eigenvalue weighted by Gasteiger charge is 2.06. The van der Waals surface area contributed by atoms with Crippen LogP contribution in [0.5, 0.6) is 0 Å². The molecule has 0 atom stereocenters. The molecular formula is C11H9BrClN. The lowest BCUT2D eigenvalue weighted by Crippen LogP contribution is -1.87. The number of halogens is 2. The Morgan fingerprint density at radius 3 is 2.71 bits per heavy atom. The van der Waals surface area contributed by atoms with Gasteiger partial charge in [0.25, 0.3) is 0 Å². The molecule has 1 aromatic carbocycles. The van der Waals surface area contributed by atoms with Crippen molar-refractivity contribution in [3.8, 4) is 0 Å². The van der Waals surface area contributed by atoms with Gasteiger partial charge in [-0.05, 0) is 59.1 Å². The minimum absolute atomic E-state index is 0.535. The minimum Gasteiger partial charge on any atom is -0.236 e. The molecule has 1 aromatic heterocycles. The summed E-state index contributed by atoms with van der Waals surface area (Å²) in [6.07, 6.45) is 0. The Balaban J connectivity index is 2.91. The van der Waals surface area contributed by atoms with Gasteiger partial charge in [-0.3, -0.25) is 0 Å². The summed E-state index contributed by atoms with van der Waals surface area (Å²) >= 11 is 9.41. The number of benzene rings is 1. The van der Waals surface area contributed by atoms with E-state index in [1.807, 2.05) is 12.1 Å². The van der Waals surface area contributed by atoms with Crippen LogP contribution in [0.25, 0.3) is 10.9 Å². The molecule has 0 fully saturated rings. The van der Waals surface area contributed by atoms with Crippen LogP contribution in [0, 0.1) is 13.8 Å². The van der Waals surface area contributed by atoms with Crippen molar-refractivity contribution in [2.24, 2.45) is 0 Å². The number of hydrogen-bond acceptors (Lipinski definition) is 1. The van der Waals surface area contributed by atoms with Gasteiger partial charge >= 0.3 is 0 Å². The largest absolute Gasteiger partial charge is 0.236 e. The number of nitrogens with zero attached hydrogens (tertiary/aromatic N) is 1. The number of hydrogen-bond donors (Lipinski definition) is 0. The Morgan fingerprint density at radius 1 is 1.29 bits per heavy atom. The number of aromatic nitrogens is 1. The maximum absolute atomic E-state index is 5.84. The highest BCUT2D eigenvalue weighted by molar-refractivity contribution is 9.10. The van der Waals surface area contributed by atoms with E-state index in [4.69, 9.17) is 11.6 Å². The zero-order valence-electron chi connectivity index (χ0n) is 7.94. The molecule has 0 aliphatic carbocycles. The Labute approximate surface area is 96.2 Å². The first-order valence-electron chi connectivity index (χ1n) is 4.31. The summed E-state index contributed by atoms with van der Waals surface area (Å²) in [6, 6.07) is 5.85. The lowest BCUT2D eigenvalue weighted by atomic mass is 10.1.